The van der Waals surface area contributed by atoms with Gasteiger partial charge in [0.1, 0.15) is 0 Å². The zero-order chi connectivity index (χ0) is 8.93. The molecule has 4 heteroatoms. The van der Waals surface area contributed by atoms with Gasteiger partial charge in [0.25, 0.3) is 0 Å². The molecule has 0 unspecified atom stereocenters. The van der Waals surface area contributed by atoms with Gasteiger partial charge in [-0.2, -0.15) is 0 Å². The third-order valence-corrected chi connectivity index (χ3v) is 1.69. The van der Waals surface area contributed by atoms with Crippen LogP contribution in [0.3, 0.4) is 0 Å². The number of rotatable bonds is 2. The average Bonchev–Trinajstić information content (AvgIpc) is 2.69. The van der Waals surface area contributed by atoms with Gasteiger partial charge >= 0.3 is 0 Å². The van der Waals surface area contributed by atoms with E-state index in [4.69, 9.17) is 0 Å². The number of nitrogens with one attached hydrogen (secondary N) is 1. The Labute approximate surface area is 76.4 Å². The summed E-state index contributed by atoms with van der Waals surface area (Å²) in [6.45, 7) is 1.36. The predicted molar refractivity (Wildman–Crippen MR) is 51.9 cm³/mol. The fourth-order valence-corrected chi connectivity index (χ4v) is 1.07. The molecular weight excluding hydrogens is 164 g/mol. The van der Waals surface area contributed by atoms with Crippen molar-refractivity contribution >= 4 is 12.2 Å². The molecule has 1 aliphatic heterocycles. The van der Waals surface area contributed by atoms with Crippen LogP contribution in [0.15, 0.2) is 34.4 Å². The summed E-state index contributed by atoms with van der Waals surface area (Å²) in [6, 6.07) is 5.82. The molecule has 13 heavy (non-hydrogen) atoms. The lowest BCUT2D eigenvalue weighted by atomic mass is 10.3. The number of guanidine groups is 1. The number of hydrogen-bond acceptors (Lipinski definition) is 4. The molecule has 0 spiro atoms. The minimum absolute atomic E-state index is 0.678. The quantitative estimate of drug-likeness (QED) is 0.714. The molecule has 0 amide bonds. The molecule has 0 saturated heterocycles. The Morgan fingerprint density at radius 1 is 1.38 bits per heavy atom. The van der Waals surface area contributed by atoms with Gasteiger partial charge in [-0.15, -0.1) is 0 Å². The van der Waals surface area contributed by atoms with Gasteiger partial charge in [0.2, 0.25) is 5.96 Å². The van der Waals surface area contributed by atoms with Gasteiger partial charge in [-0.05, 0) is 12.1 Å². The summed E-state index contributed by atoms with van der Waals surface area (Å²) in [5.41, 5.74) is 0.993. The molecule has 1 aliphatic rings. The third kappa shape index (κ3) is 2.11. The SMILES string of the molecule is C1=NC(NCc2ccccn2)=NC1. The maximum Gasteiger partial charge on any atom is 0.218 e. The van der Waals surface area contributed by atoms with Gasteiger partial charge < -0.3 is 5.32 Å². The normalized spacial score (nSPS) is 14.3. The minimum Gasteiger partial charge on any atom is -0.349 e. The van der Waals surface area contributed by atoms with E-state index in [1.807, 2.05) is 18.2 Å². The van der Waals surface area contributed by atoms with E-state index >= 15 is 0 Å². The lowest BCUT2D eigenvalue weighted by Crippen LogP contribution is -2.19. The monoisotopic (exact) mass is 174 g/mol. The van der Waals surface area contributed by atoms with Crippen LogP contribution in [0.5, 0.6) is 0 Å². The second-order valence-electron chi connectivity index (χ2n) is 2.65. The Kier molecular flexibility index (Phi) is 2.31. The van der Waals surface area contributed by atoms with E-state index in [1.165, 1.54) is 0 Å². The Morgan fingerprint density at radius 3 is 3.08 bits per heavy atom. The predicted octanol–water partition coefficient (Wildman–Crippen LogP) is 0.612. The van der Waals surface area contributed by atoms with Gasteiger partial charge in [-0.25, -0.2) is 9.98 Å². The first-order chi connectivity index (χ1) is 6.45. The van der Waals surface area contributed by atoms with Crippen molar-refractivity contribution in [1.82, 2.24) is 10.3 Å². The Morgan fingerprint density at radius 2 is 2.38 bits per heavy atom. The molecule has 0 bridgehead atoms. The van der Waals surface area contributed by atoms with Crippen molar-refractivity contribution in [3.63, 3.8) is 0 Å². The van der Waals surface area contributed by atoms with Crippen LogP contribution >= 0.6 is 0 Å². The Bertz CT molecular complexity index is 329. The van der Waals surface area contributed by atoms with Crippen LogP contribution in [0.1, 0.15) is 5.69 Å². The van der Waals surface area contributed by atoms with Gasteiger partial charge in [-0.3, -0.25) is 4.98 Å². The molecule has 4 nitrogen and oxygen atoms in total. The molecule has 0 saturated carbocycles. The smallest absolute Gasteiger partial charge is 0.218 e. The second kappa shape index (κ2) is 3.80. The zero-order valence-corrected chi connectivity index (χ0v) is 7.14. The first kappa shape index (κ1) is 7.91. The first-order valence-electron chi connectivity index (χ1n) is 4.16. The molecule has 2 heterocycles. The standard InChI is InChI=1S/C9H10N4/c1-2-4-10-8(3-1)7-13-9-11-5-6-12-9/h1-5H,6-7H2,(H,12,13). The van der Waals surface area contributed by atoms with Gasteiger partial charge in [0.15, 0.2) is 0 Å². The summed E-state index contributed by atoms with van der Waals surface area (Å²) in [7, 11) is 0. The van der Waals surface area contributed by atoms with E-state index in [1.54, 1.807) is 12.4 Å². The summed E-state index contributed by atoms with van der Waals surface area (Å²) in [6.07, 6.45) is 3.55. The number of pyridine rings is 1. The van der Waals surface area contributed by atoms with Crippen LogP contribution in [0.25, 0.3) is 0 Å². The van der Waals surface area contributed by atoms with Crippen LogP contribution in [0.2, 0.25) is 0 Å². The lowest BCUT2D eigenvalue weighted by Gasteiger charge is -2.01. The van der Waals surface area contributed by atoms with Gasteiger partial charge in [0.05, 0.1) is 18.8 Å². The number of aromatic nitrogens is 1. The minimum atomic E-state index is 0.678. The van der Waals surface area contributed by atoms with Crippen LogP contribution in [0.4, 0.5) is 0 Å². The molecule has 1 aromatic rings. The molecule has 0 fully saturated rings. The summed E-state index contributed by atoms with van der Waals surface area (Å²) in [4.78, 5) is 12.3. The first-order valence-corrected chi connectivity index (χ1v) is 4.16. The maximum absolute atomic E-state index is 4.17. The van der Waals surface area contributed by atoms with Gasteiger partial charge in [-0.1, -0.05) is 6.07 Å². The summed E-state index contributed by atoms with van der Waals surface area (Å²) in [5.74, 6) is 0.700. The van der Waals surface area contributed by atoms with Crippen LogP contribution < -0.4 is 5.32 Å². The van der Waals surface area contributed by atoms with E-state index in [9.17, 15) is 0 Å². The molecule has 0 radical (unpaired) electrons. The van der Waals surface area contributed by atoms with E-state index in [0.29, 0.717) is 19.0 Å². The zero-order valence-electron chi connectivity index (χ0n) is 7.14. The third-order valence-electron chi connectivity index (χ3n) is 1.69. The maximum atomic E-state index is 4.17. The summed E-state index contributed by atoms with van der Waals surface area (Å²) < 4.78 is 0. The van der Waals surface area contributed by atoms with Crippen LogP contribution in [-0.2, 0) is 6.54 Å². The molecule has 0 atom stereocenters. The largest absolute Gasteiger partial charge is 0.349 e. The molecular formula is C9H10N4. The second-order valence-corrected chi connectivity index (χ2v) is 2.65. The van der Waals surface area contributed by atoms with Crippen LogP contribution in [0, 0.1) is 0 Å². The van der Waals surface area contributed by atoms with Crippen molar-refractivity contribution in [1.29, 1.82) is 0 Å². The number of hydrogen-bond donors (Lipinski definition) is 1. The Hall–Kier alpha value is -1.71. The highest BCUT2D eigenvalue weighted by atomic mass is 15.2. The highest BCUT2D eigenvalue weighted by molar-refractivity contribution is 5.92. The molecule has 66 valence electrons. The van der Waals surface area contributed by atoms with E-state index in [-0.39, 0.29) is 0 Å². The Balaban J connectivity index is 1.90. The summed E-state index contributed by atoms with van der Waals surface area (Å²) in [5, 5.41) is 3.09. The van der Waals surface area contributed by atoms with Crippen molar-refractivity contribution in [3.05, 3.63) is 30.1 Å². The van der Waals surface area contributed by atoms with E-state index in [2.05, 4.69) is 20.3 Å². The molecule has 1 N–H and O–H groups in total. The topological polar surface area (TPSA) is 49.6 Å². The van der Waals surface area contributed by atoms with Crippen LogP contribution in [-0.4, -0.2) is 23.7 Å². The molecule has 0 aliphatic carbocycles. The fourth-order valence-electron chi connectivity index (χ4n) is 1.07. The summed E-state index contributed by atoms with van der Waals surface area (Å²) >= 11 is 0. The lowest BCUT2D eigenvalue weighted by molar-refractivity contribution is 0.866. The van der Waals surface area contributed by atoms with Crippen molar-refractivity contribution < 1.29 is 0 Å². The van der Waals surface area contributed by atoms with Gasteiger partial charge in [0, 0.05) is 12.4 Å². The highest BCUT2D eigenvalue weighted by Crippen LogP contribution is 1.93. The van der Waals surface area contributed by atoms with E-state index in [0.717, 1.165) is 5.69 Å². The fraction of sp³-hybridized carbons (Fsp3) is 0.222. The molecule has 1 aromatic heterocycles. The molecule has 2 rings (SSSR count). The van der Waals surface area contributed by atoms with Crippen molar-refractivity contribution in [3.8, 4) is 0 Å². The highest BCUT2D eigenvalue weighted by Gasteiger charge is 1.99. The van der Waals surface area contributed by atoms with Crippen molar-refractivity contribution in [2.75, 3.05) is 6.54 Å². The van der Waals surface area contributed by atoms with E-state index < -0.39 is 0 Å². The van der Waals surface area contributed by atoms with Crippen molar-refractivity contribution in [2.24, 2.45) is 9.98 Å². The average molecular weight is 174 g/mol. The number of nitrogens with zero attached hydrogens (tertiary/aromatic N) is 3. The van der Waals surface area contributed by atoms with Crippen molar-refractivity contribution in [2.45, 2.75) is 6.54 Å². The number of aliphatic imine (C=N–C) groups is 2. The molecule has 0 aromatic carbocycles.